The first-order valence-corrected chi connectivity index (χ1v) is 9.27. The number of rotatable bonds is 5. The van der Waals surface area contributed by atoms with Crippen molar-refractivity contribution in [1.29, 1.82) is 0 Å². The highest BCUT2D eigenvalue weighted by atomic mass is 19.1. The maximum atomic E-state index is 12.9. The fraction of sp³-hybridized carbons (Fsp3) is 0.429. The minimum atomic E-state index is -0.571. The lowest BCUT2D eigenvalue weighted by Gasteiger charge is -2.30. The average molecular weight is 370 g/mol. The highest BCUT2D eigenvalue weighted by molar-refractivity contribution is 6.03. The van der Waals surface area contributed by atoms with Crippen molar-refractivity contribution < 1.29 is 18.7 Å². The molecular formula is C21H23FN2O3. The average Bonchev–Trinajstić information content (AvgIpc) is 3.03. The zero-order chi connectivity index (χ0) is 18.8. The van der Waals surface area contributed by atoms with E-state index in [0.29, 0.717) is 31.7 Å². The molecule has 1 aliphatic heterocycles. The van der Waals surface area contributed by atoms with Crippen LogP contribution in [0, 0.1) is 5.92 Å². The van der Waals surface area contributed by atoms with E-state index in [4.69, 9.17) is 9.47 Å². The van der Waals surface area contributed by atoms with Gasteiger partial charge in [0.25, 0.3) is 0 Å². The maximum absolute atomic E-state index is 12.9. The minimum absolute atomic E-state index is 0.109. The summed E-state index contributed by atoms with van der Waals surface area (Å²) in [7, 11) is 1.64. The van der Waals surface area contributed by atoms with Gasteiger partial charge >= 0.3 is 0 Å². The van der Waals surface area contributed by atoms with Gasteiger partial charge < -0.3 is 14.4 Å². The molecule has 0 bridgehead atoms. The number of benzene rings is 1. The van der Waals surface area contributed by atoms with Gasteiger partial charge in [0.05, 0.1) is 31.7 Å². The molecule has 2 aliphatic rings. The number of anilines is 1. The van der Waals surface area contributed by atoms with Crippen LogP contribution in [-0.4, -0.2) is 44.2 Å². The summed E-state index contributed by atoms with van der Waals surface area (Å²) in [6.45, 7) is 2.46. The van der Waals surface area contributed by atoms with Crippen LogP contribution < -0.4 is 9.64 Å². The highest BCUT2D eigenvalue weighted by Gasteiger charge is 2.32. The normalized spacial score (nSPS) is 19.3. The van der Waals surface area contributed by atoms with E-state index >= 15 is 0 Å². The molecule has 2 heterocycles. The van der Waals surface area contributed by atoms with Crippen LogP contribution in [0.4, 0.5) is 10.1 Å². The van der Waals surface area contributed by atoms with Crippen LogP contribution in [0.2, 0.25) is 0 Å². The van der Waals surface area contributed by atoms with Gasteiger partial charge in [-0.25, -0.2) is 4.39 Å². The quantitative estimate of drug-likeness (QED) is 0.810. The Kier molecular flexibility index (Phi) is 5.07. The first kappa shape index (κ1) is 17.9. The molecule has 27 heavy (non-hydrogen) atoms. The summed E-state index contributed by atoms with van der Waals surface area (Å²) in [5.74, 6) is 0.771. The number of alkyl halides is 1. The van der Waals surface area contributed by atoms with Gasteiger partial charge in [0.15, 0.2) is 5.78 Å². The van der Waals surface area contributed by atoms with Crippen LogP contribution in [0.5, 0.6) is 5.75 Å². The molecule has 5 nitrogen and oxygen atoms in total. The van der Waals surface area contributed by atoms with Crippen molar-refractivity contribution in [2.24, 2.45) is 5.92 Å². The third kappa shape index (κ3) is 3.54. The number of methoxy groups -OCH3 is 1. The molecule has 1 fully saturated rings. The van der Waals surface area contributed by atoms with E-state index in [1.165, 1.54) is 0 Å². The lowest BCUT2D eigenvalue weighted by atomic mass is 9.96. The standard InChI is InChI=1S/C21H23FN2O3/c1-26-20-11-18-15(10-19(20)24-4-6-27-7-5-24)9-16(21(18)25)8-14-2-3-17(12-22)23-13-14/h2-3,10-11,13,16H,4-9,12H2,1H3. The van der Waals surface area contributed by atoms with Gasteiger partial charge in [0.2, 0.25) is 0 Å². The lowest BCUT2D eigenvalue weighted by Crippen LogP contribution is -2.36. The Bertz CT molecular complexity index is 832. The molecule has 1 saturated heterocycles. The Hall–Kier alpha value is -2.47. The van der Waals surface area contributed by atoms with Crippen LogP contribution in [0.3, 0.4) is 0 Å². The van der Waals surface area contributed by atoms with Crippen molar-refractivity contribution in [2.75, 3.05) is 38.3 Å². The first-order valence-electron chi connectivity index (χ1n) is 9.27. The Morgan fingerprint density at radius 1 is 1.30 bits per heavy atom. The number of Topliss-reactive ketones (excluding diaryl/α,β-unsaturated/α-hetero) is 1. The molecule has 1 aromatic heterocycles. The Labute approximate surface area is 158 Å². The van der Waals surface area contributed by atoms with E-state index in [0.717, 1.165) is 41.2 Å². The summed E-state index contributed by atoms with van der Waals surface area (Å²) in [5, 5.41) is 0. The predicted molar refractivity (Wildman–Crippen MR) is 100 cm³/mol. The monoisotopic (exact) mass is 370 g/mol. The highest BCUT2D eigenvalue weighted by Crippen LogP contribution is 2.38. The third-order valence-electron chi connectivity index (χ3n) is 5.36. The SMILES string of the molecule is COc1cc2c(cc1N1CCOCC1)CC(Cc1ccc(CF)nc1)C2=O. The number of ether oxygens (including phenoxy) is 2. The first-order chi connectivity index (χ1) is 13.2. The zero-order valence-electron chi connectivity index (χ0n) is 15.4. The summed E-state index contributed by atoms with van der Waals surface area (Å²) in [6, 6.07) is 7.52. The van der Waals surface area contributed by atoms with Crippen LogP contribution in [-0.2, 0) is 24.3 Å². The largest absolute Gasteiger partial charge is 0.495 e. The number of halogens is 1. The van der Waals surface area contributed by atoms with E-state index in [2.05, 4.69) is 16.0 Å². The zero-order valence-corrected chi connectivity index (χ0v) is 15.4. The summed E-state index contributed by atoms with van der Waals surface area (Å²) >= 11 is 0. The van der Waals surface area contributed by atoms with Gasteiger partial charge in [-0.1, -0.05) is 6.07 Å². The number of nitrogens with zero attached hydrogens (tertiary/aromatic N) is 2. The minimum Gasteiger partial charge on any atom is -0.495 e. The smallest absolute Gasteiger partial charge is 0.167 e. The number of pyridine rings is 1. The van der Waals surface area contributed by atoms with Crippen molar-refractivity contribution in [3.05, 3.63) is 52.8 Å². The van der Waals surface area contributed by atoms with Crippen molar-refractivity contribution in [3.8, 4) is 5.75 Å². The van der Waals surface area contributed by atoms with Gasteiger partial charge in [-0.3, -0.25) is 9.78 Å². The van der Waals surface area contributed by atoms with Crippen LogP contribution in [0.15, 0.2) is 30.5 Å². The number of fused-ring (bicyclic) bond motifs is 1. The molecule has 0 N–H and O–H groups in total. The molecule has 4 rings (SSSR count). The third-order valence-corrected chi connectivity index (χ3v) is 5.36. The number of morpholine rings is 1. The second-order valence-corrected chi connectivity index (χ2v) is 7.04. The van der Waals surface area contributed by atoms with Crippen LogP contribution >= 0.6 is 0 Å². The van der Waals surface area contributed by atoms with Crippen LogP contribution in [0.1, 0.15) is 27.2 Å². The molecule has 6 heteroatoms. The predicted octanol–water partition coefficient (Wildman–Crippen LogP) is 2.99. The van der Waals surface area contributed by atoms with E-state index in [9.17, 15) is 9.18 Å². The fourth-order valence-electron chi connectivity index (χ4n) is 3.91. The van der Waals surface area contributed by atoms with Crippen molar-refractivity contribution in [2.45, 2.75) is 19.5 Å². The number of ketones is 1. The maximum Gasteiger partial charge on any atom is 0.167 e. The Morgan fingerprint density at radius 3 is 2.78 bits per heavy atom. The molecule has 1 unspecified atom stereocenters. The summed E-state index contributed by atoms with van der Waals surface area (Å²) in [4.78, 5) is 19.3. The Morgan fingerprint density at radius 2 is 2.11 bits per heavy atom. The number of carbonyl (C=O) groups is 1. The second kappa shape index (κ2) is 7.64. The van der Waals surface area contributed by atoms with E-state index in [1.807, 2.05) is 12.1 Å². The molecule has 0 radical (unpaired) electrons. The second-order valence-electron chi connectivity index (χ2n) is 7.04. The van der Waals surface area contributed by atoms with E-state index < -0.39 is 6.67 Å². The topological polar surface area (TPSA) is 51.7 Å². The molecule has 2 aromatic rings. The lowest BCUT2D eigenvalue weighted by molar-refractivity contribution is 0.0936. The van der Waals surface area contributed by atoms with Crippen molar-refractivity contribution >= 4 is 11.5 Å². The van der Waals surface area contributed by atoms with Gasteiger partial charge in [0, 0.05) is 30.8 Å². The fourth-order valence-corrected chi connectivity index (χ4v) is 3.91. The summed E-state index contributed by atoms with van der Waals surface area (Å²) in [6.07, 6.45) is 2.99. The van der Waals surface area contributed by atoms with Crippen LogP contribution in [0.25, 0.3) is 0 Å². The molecule has 0 spiro atoms. The molecule has 1 aromatic carbocycles. The van der Waals surface area contributed by atoms with E-state index in [-0.39, 0.29) is 11.7 Å². The molecule has 0 saturated carbocycles. The number of hydrogen-bond acceptors (Lipinski definition) is 5. The molecule has 1 atom stereocenters. The van der Waals surface area contributed by atoms with Crippen molar-refractivity contribution in [1.82, 2.24) is 4.98 Å². The van der Waals surface area contributed by atoms with Gasteiger partial charge in [-0.05, 0) is 42.2 Å². The molecule has 142 valence electrons. The van der Waals surface area contributed by atoms with Gasteiger partial charge in [-0.2, -0.15) is 0 Å². The molecule has 1 aliphatic carbocycles. The molecular weight excluding hydrogens is 347 g/mol. The van der Waals surface area contributed by atoms with Gasteiger partial charge in [0.1, 0.15) is 12.4 Å². The van der Waals surface area contributed by atoms with Crippen molar-refractivity contribution in [3.63, 3.8) is 0 Å². The summed E-state index contributed by atoms with van der Waals surface area (Å²) < 4.78 is 23.6. The summed E-state index contributed by atoms with van der Waals surface area (Å²) in [5.41, 5.74) is 4.23. The number of hydrogen-bond donors (Lipinski definition) is 0. The Balaban J connectivity index is 1.57. The number of aromatic nitrogens is 1. The van der Waals surface area contributed by atoms with E-state index in [1.54, 1.807) is 19.4 Å². The van der Waals surface area contributed by atoms with Gasteiger partial charge in [-0.15, -0.1) is 0 Å². The number of carbonyl (C=O) groups excluding carboxylic acids is 1. The molecule has 0 amide bonds.